The fourth-order valence-corrected chi connectivity index (χ4v) is 3.61. The fourth-order valence-electron chi connectivity index (χ4n) is 2.07. The minimum Gasteiger partial charge on any atom is -0.355 e. The summed E-state index contributed by atoms with van der Waals surface area (Å²) >= 11 is 13.9. The molecule has 0 bridgehead atoms. The van der Waals surface area contributed by atoms with Gasteiger partial charge in [-0.25, -0.2) is 4.98 Å². The first-order valence-corrected chi connectivity index (χ1v) is 7.78. The molecule has 5 heteroatoms. The number of aromatic nitrogens is 1. The van der Waals surface area contributed by atoms with Crippen molar-refractivity contribution >= 4 is 49.9 Å². The lowest BCUT2D eigenvalue weighted by atomic mass is 10.1. The van der Waals surface area contributed by atoms with Gasteiger partial charge in [0.1, 0.15) is 0 Å². The average Bonchev–Trinajstić information content (AvgIpc) is 2.83. The number of anilines is 1. The minimum atomic E-state index is 0.0861. The van der Waals surface area contributed by atoms with Gasteiger partial charge in [-0.05, 0) is 30.7 Å². The maximum atomic E-state index is 6.21. The molecule has 1 heterocycles. The number of nitrogens with zero attached hydrogens (tertiary/aromatic N) is 1. The Labute approximate surface area is 131 Å². The number of halogens is 2. The average molecular weight is 323 g/mol. The third-order valence-corrected chi connectivity index (χ3v) is 4.89. The number of nitrogens with one attached hydrogen (secondary N) is 1. The van der Waals surface area contributed by atoms with Crippen LogP contribution in [0, 0.1) is 0 Å². The van der Waals surface area contributed by atoms with Crippen molar-refractivity contribution in [2.45, 2.75) is 13.0 Å². The Kier molecular flexibility index (Phi) is 3.83. The lowest BCUT2D eigenvalue weighted by Crippen LogP contribution is -2.06. The highest BCUT2D eigenvalue weighted by atomic mass is 35.5. The molecule has 0 saturated carbocycles. The molecule has 0 aliphatic carbocycles. The summed E-state index contributed by atoms with van der Waals surface area (Å²) in [5.74, 6) is 0. The molecule has 0 spiro atoms. The highest BCUT2D eigenvalue weighted by Crippen LogP contribution is 2.34. The molecule has 3 rings (SSSR count). The first kappa shape index (κ1) is 13.7. The number of hydrogen-bond donors (Lipinski definition) is 1. The van der Waals surface area contributed by atoms with Crippen LogP contribution in [-0.2, 0) is 0 Å². The van der Waals surface area contributed by atoms with Gasteiger partial charge in [-0.1, -0.05) is 58.8 Å². The van der Waals surface area contributed by atoms with Crippen molar-refractivity contribution in [3.8, 4) is 0 Å². The van der Waals surface area contributed by atoms with Gasteiger partial charge in [0, 0.05) is 5.02 Å². The molecule has 1 unspecified atom stereocenters. The smallest absolute Gasteiger partial charge is 0.184 e. The maximum Gasteiger partial charge on any atom is 0.184 e. The van der Waals surface area contributed by atoms with E-state index in [0.717, 1.165) is 31.0 Å². The van der Waals surface area contributed by atoms with Gasteiger partial charge in [0.2, 0.25) is 0 Å². The van der Waals surface area contributed by atoms with Crippen molar-refractivity contribution in [3.63, 3.8) is 0 Å². The van der Waals surface area contributed by atoms with Crippen LogP contribution in [0.5, 0.6) is 0 Å². The molecule has 0 radical (unpaired) electrons. The van der Waals surface area contributed by atoms with E-state index in [1.54, 1.807) is 11.3 Å². The second-order valence-electron chi connectivity index (χ2n) is 4.49. The molecule has 0 aliphatic heterocycles. The SMILES string of the molecule is CC(Nc1nc2cccc(Cl)c2s1)c1ccccc1Cl. The Morgan fingerprint density at radius 1 is 1.05 bits per heavy atom. The van der Waals surface area contributed by atoms with Crippen LogP contribution in [0.1, 0.15) is 18.5 Å². The first-order valence-electron chi connectivity index (χ1n) is 6.21. The summed E-state index contributed by atoms with van der Waals surface area (Å²) in [6.07, 6.45) is 0. The van der Waals surface area contributed by atoms with E-state index < -0.39 is 0 Å². The summed E-state index contributed by atoms with van der Waals surface area (Å²) in [6.45, 7) is 2.06. The molecule has 1 aromatic heterocycles. The summed E-state index contributed by atoms with van der Waals surface area (Å²) < 4.78 is 1.00. The van der Waals surface area contributed by atoms with E-state index in [1.807, 2.05) is 42.5 Å². The van der Waals surface area contributed by atoms with Gasteiger partial charge in [-0.3, -0.25) is 0 Å². The van der Waals surface area contributed by atoms with Crippen LogP contribution in [-0.4, -0.2) is 4.98 Å². The highest BCUT2D eigenvalue weighted by Gasteiger charge is 2.12. The van der Waals surface area contributed by atoms with Gasteiger partial charge in [-0.2, -0.15) is 0 Å². The molecule has 0 aliphatic rings. The Balaban J connectivity index is 1.90. The summed E-state index contributed by atoms with van der Waals surface area (Å²) in [5.41, 5.74) is 1.97. The van der Waals surface area contributed by atoms with E-state index in [9.17, 15) is 0 Å². The summed E-state index contributed by atoms with van der Waals surface area (Å²) in [5, 5.41) is 5.72. The Morgan fingerprint density at radius 2 is 1.80 bits per heavy atom. The predicted octanol–water partition coefficient (Wildman–Crippen LogP) is 5.78. The predicted molar refractivity (Wildman–Crippen MR) is 88.1 cm³/mol. The summed E-state index contributed by atoms with van der Waals surface area (Å²) in [7, 11) is 0. The van der Waals surface area contributed by atoms with E-state index in [2.05, 4.69) is 17.2 Å². The van der Waals surface area contributed by atoms with Gasteiger partial charge < -0.3 is 5.32 Å². The standard InChI is InChI=1S/C15H12Cl2N2S/c1-9(10-5-2-3-6-11(10)16)18-15-19-13-8-4-7-12(17)14(13)20-15/h2-9H,1H3,(H,18,19). The van der Waals surface area contributed by atoms with E-state index in [4.69, 9.17) is 23.2 Å². The lowest BCUT2D eigenvalue weighted by molar-refractivity contribution is 0.883. The van der Waals surface area contributed by atoms with E-state index in [-0.39, 0.29) is 6.04 Å². The minimum absolute atomic E-state index is 0.0861. The van der Waals surface area contributed by atoms with E-state index in [1.165, 1.54) is 0 Å². The van der Waals surface area contributed by atoms with Gasteiger partial charge >= 0.3 is 0 Å². The molecule has 1 N–H and O–H groups in total. The first-order chi connectivity index (χ1) is 9.65. The fraction of sp³-hybridized carbons (Fsp3) is 0.133. The molecular formula is C15H12Cl2N2S. The molecule has 2 nitrogen and oxygen atoms in total. The van der Waals surface area contributed by atoms with Crippen LogP contribution in [0.15, 0.2) is 42.5 Å². The van der Waals surface area contributed by atoms with E-state index in [0.29, 0.717) is 0 Å². The van der Waals surface area contributed by atoms with Crippen molar-refractivity contribution in [2.24, 2.45) is 0 Å². The zero-order valence-corrected chi connectivity index (χ0v) is 13.1. The summed E-state index contributed by atoms with van der Waals surface area (Å²) in [4.78, 5) is 4.55. The van der Waals surface area contributed by atoms with Gasteiger partial charge in [0.15, 0.2) is 5.13 Å². The van der Waals surface area contributed by atoms with Crippen molar-refractivity contribution in [3.05, 3.63) is 58.1 Å². The third kappa shape index (κ3) is 2.62. The highest BCUT2D eigenvalue weighted by molar-refractivity contribution is 7.22. The molecule has 0 fully saturated rings. The van der Waals surface area contributed by atoms with Crippen LogP contribution < -0.4 is 5.32 Å². The maximum absolute atomic E-state index is 6.21. The monoisotopic (exact) mass is 322 g/mol. The molecule has 102 valence electrons. The van der Waals surface area contributed by atoms with Crippen molar-refractivity contribution < 1.29 is 0 Å². The van der Waals surface area contributed by atoms with Crippen LogP contribution in [0.4, 0.5) is 5.13 Å². The number of benzene rings is 2. The second-order valence-corrected chi connectivity index (χ2v) is 6.31. The van der Waals surface area contributed by atoms with Crippen molar-refractivity contribution in [2.75, 3.05) is 5.32 Å². The normalized spacial score (nSPS) is 12.6. The molecule has 20 heavy (non-hydrogen) atoms. The number of thiazole rings is 1. The van der Waals surface area contributed by atoms with Gasteiger partial charge in [-0.15, -0.1) is 0 Å². The number of hydrogen-bond acceptors (Lipinski definition) is 3. The lowest BCUT2D eigenvalue weighted by Gasteiger charge is -2.14. The molecule has 2 aromatic carbocycles. The molecule has 0 saturated heterocycles. The van der Waals surface area contributed by atoms with Crippen LogP contribution in [0.25, 0.3) is 10.2 Å². The van der Waals surface area contributed by atoms with Crippen molar-refractivity contribution in [1.82, 2.24) is 4.98 Å². The Hall–Kier alpha value is -1.29. The zero-order chi connectivity index (χ0) is 14.1. The van der Waals surface area contributed by atoms with Gasteiger partial charge in [0.05, 0.1) is 21.3 Å². The quantitative estimate of drug-likeness (QED) is 0.661. The van der Waals surface area contributed by atoms with E-state index >= 15 is 0 Å². The second kappa shape index (κ2) is 5.60. The largest absolute Gasteiger partial charge is 0.355 e. The summed E-state index contributed by atoms with van der Waals surface area (Å²) in [6, 6.07) is 13.6. The molecule has 3 aromatic rings. The Bertz CT molecular complexity index is 754. The van der Waals surface area contributed by atoms with Gasteiger partial charge in [0.25, 0.3) is 0 Å². The third-order valence-electron chi connectivity index (χ3n) is 3.08. The molecule has 1 atom stereocenters. The van der Waals surface area contributed by atoms with Crippen molar-refractivity contribution in [1.29, 1.82) is 0 Å². The van der Waals surface area contributed by atoms with Crippen LogP contribution in [0.2, 0.25) is 10.0 Å². The van der Waals surface area contributed by atoms with Crippen LogP contribution >= 0.6 is 34.5 Å². The number of rotatable bonds is 3. The molecule has 0 amide bonds. The number of fused-ring (bicyclic) bond motifs is 1. The zero-order valence-electron chi connectivity index (χ0n) is 10.7. The topological polar surface area (TPSA) is 24.9 Å². The Morgan fingerprint density at radius 3 is 2.55 bits per heavy atom. The van der Waals surface area contributed by atoms with Crippen LogP contribution in [0.3, 0.4) is 0 Å². The molecular weight excluding hydrogens is 311 g/mol.